The highest BCUT2D eigenvalue weighted by Crippen LogP contribution is 2.55. The molecule has 0 spiro atoms. The zero-order valence-electron chi connectivity index (χ0n) is 15.0. The molecule has 2 atom stereocenters. The van der Waals surface area contributed by atoms with Crippen molar-refractivity contribution in [2.24, 2.45) is 0 Å². The minimum atomic E-state index is -4.28. The Morgan fingerprint density at radius 3 is 2.04 bits per heavy atom. The summed E-state index contributed by atoms with van der Waals surface area (Å²) in [6.07, 6.45) is 0. The molecule has 1 aromatic rings. The van der Waals surface area contributed by atoms with Crippen molar-refractivity contribution in [3.63, 3.8) is 0 Å². The molecule has 0 fully saturated rings. The Bertz CT molecular complexity index is 829. The first-order valence-electron chi connectivity index (χ1n) is 7.61. The third-order valence-corrected chi connectivity index (χ3v) is 6.33. The van der Waals surface area contributed by atoms with Crippen molar-refractivity contribution in [3.8, 4) is 0 Å². The van der Waals surface area contributed by atoms with Crippen LogP contribution in [-0.2, 0) is 37.5 Å². The van der Waals surface area contributed by atoms with Gasteiger partial charge in [0.1, 0.15) is 0 Å². The third kappa shape index (κ3) is 3.39. The number of para-hydroxylation sites is 1. The highest BCUT2D eigenvalue weighted by Gasteiger charge is 2.56. The van der Waals surface area contributed by atoms with Gasteiger partial charge in [0.2, 0.25) is 0 Å². The number of ketones is 1. The minimum absolute atomic E-state index is 0.0321. The molecule has 10 nitrogen and oxygen atoms in total. The second-order valence-corrected chi connectivity index (χ2v) is 7.73. The van der Waals surface area contributed by atoms with Gasteiger partial charge >= 0.3 is 19.5 Å². The Morgan fingerprint density at radius 1 is 0.963 bits per heavy atom. The highest BCUT2D eigenvalue weighted by atomic mass is 31.2. The Morgan fingerprint density at radius 2 is 1.52 bits per heavy atom. The van der Waals surface area contributed by atoms with Crippen LogP contribution in [0.3, 0.4) is 0 Å². The summed E-state index contributed by atoms with van der Waals surface area (Å²) < 4.78 is 32.1. The maximum absolute atomic E-state index is 13.0. The Kier molecular flexibility index (Phi) is 6.15. The number of carbonyl (C=O) groups is 4. The van der Waals surface area contributed by atoms with E-state index < -0.39 is 42.9 Å². The number of hydrogen-bond acceptors (Lipinski definition) is 9. The van der Waals surface area contributed by atoms with Crippen molar-refractivity contribution in [3.05, 3.63) is 29.8 Å². The predicted octanol–water partition coefficient (Wildman–Crippen LogP) is 0.785. The SMILES string of the molecule is COC(=O)C(C(C(=O)OC)P(=O)(OC)OC)N1C(=O)C(=O)c2ccccc21. The van der Waals surface area contributed by atoms with Crippen LogP contribution in [0.5, 0.6) is 0 Å². The normalized spacial score (nSPS) is 15.9. The molecule has 146 valence electrons. The molecule has 1 aromatic carbocycles. The molecule has 1 amide bonds. The molecular weight excluding hydrogens is 381 g/mol. The van der Waals surface area contributed by atoms with E-state index in [-0.39, 0.29) is 11.3 Å². The first-order valence-corrected chi connectivity index (χ1v) is 9.22. The van der Waals surface area contributed by atoms with Crippen LogP contribution in [0.4, 0.5) is 5.69 Å². The fourth-order valence-corrected chi connectivity index (χ4v) is 4.40. The summed E-state index contributed by atoms with van der Waals surface area (Å²) in [5.74, 6) is -4.20. The lowest BCUT2D eigenvalue weighted by atomic mass is 10.1. The predicted molar refractivity (Wildman–Crippen MR) is 91.5 cm³/mol. The molecule has 0 radical (unpaired) electrons. The van der Waals surface area contributed by atoms with Gasteiger partial charge in [-0.05, 0) is 12.1 Å². The molecule has 0 bridgehead atoms. The maximum Gasteiger partial charge on any atom is 0.347 e. The lowest BCUT2D eigenvalue weighted by Crippen LogP contribution is -2.54. The molecule has 1 aliphatic rings. The highest BCUT2D eigenvalue weighted by molar-refractivity contribution is 7.55. The van der Waals surface area contributed by atoms with Gasteiger partial charge in [-0.3, -0.25) is 23.8 Å². The summed E-state index contributed by atoms with van der Waals surface area (Å²) in [4.78, 5) is 50.6. The van der Waals surface area contributed by atoms with Crippen molar-refractivity contribution < 1.29 is 42.3 Å². The number of Topliss-reactive ketones (excluding diaryl/α,β-unsaturated/α-hetero) is 1. The molecule has 0 N–H and O–H groups in total. The second-order valence-electron chi connectivity index (χ2n) is 5.36. The summed E-state index contributed by atoms with van der Waals surface area (Å²) in [6.45, 7) is 0. The molecule has 0 aliphatic carbocycles. The molecule has 11 heteroatoms. The first kappa shape index (κ1) is 20.8. The van der Waals surface area contributed by atoms with E-state index >= 15 is 0 Å². The molecule has 2 rings (SSSR count). The first-order chi connectivity index (χ1) is 12.8. The van der Waals surface area contributed by atoms with Crippen molar-refractivity contribution in [1.82, 2.24) is 0 Å². The zero-order chi connectivity index (χ0) is 20.4. The van der Waals surface area contributed by atoms with Crippen molar-refractivity contribution in [2.45, 2.75) is 11.7 Å². The number of ether oxygens (including phenoxy) is 2. The Hall–Kier alpha value is -2.55. The van der Waals surface area contributed by atoms with Crippen LogP contribution in [0.1, 0.15) is 10.4 Å². The smallest absolute Gasteiger partial charge is 0.347 e. The van der Waals surface area contributed by atoms with E-state index in [1.165, 1.54) is 24.3 Å². The van der Waals surface area contributed by atoms with Crippen molar-refractivity contribution in [2.75, 3.05) is 33.3 Å². The van der Waals surface area contributed by atoms with Gasteiger partial charge in [0.25, 0.3) is 11.7 Å². The van der Waals surface area contributed by atoms with Crippen LogP contribution >= 0.6 is 7.60 Å². The van der Waals surface area contributed by atoms with Crippen molar-refractivity contribution in [1.29, 1.82) is 0 Å². The molecule has 0 aromatic heterocycles. The van der Waals surface area contributed by atoms with Crippen LogP contribution in [0.15, 0.2) is 24.3 Å². The van der Waals surface area contributed by atoms with Crippen molar-refractivity contribution >= 4 is 36.9 Å². The summed E-state index contributed by atoms with van der Waals surface area (Å²) in [6, 6.07) is 4.06. The number of anilines is 1. The van der Waals surface area contributed by atoms with Gasteiger partial charge in [0.15, 0.2) is 11.7 Å². The summed E-state index contributed by atoms with van der Waals surface area (Å²) >= 11 is 0. The Balaban J connectivity index is 2.72. The quantitative estimate of drug-likeness (QED) is 0.371. The minimum Gasteiger partial charge on any atom is -0.468 e. The standard InChI is InChI=1S/C16H18NO9P/c1-23-15(20)11(13(16(21)24-2)27(22,25-3)26-4)17-10-8-6-5-7-9(10)12(18)14(17)19/h5-8,11,13H,1-4H3. The van der Waals surface area contributed by atoms with Gasteiger partial charge < -0.3 is 18.5 Å². The average Bonchev–Trinajstić information content (AvgIpc) is 2.95. The van der Waals surface area contributed by atoms with Gasteiger partial charge in [-0.15, -0.1) is 0 Å². The van der Waals surface area contributed by atoms with E-state index in [0.717, 1.165) is 33.3 Å². The van der Waals surface area contributed by atoms with Gasteiger partial charge in [0, 0.05) is 14.2 Å². The molecule has 1 aliphatic heterocycles. The number of nitrogens with zero attached hydrogens (tertiary/aromatic N) is 1. The average molecular weight is 399 g/mol. The van der Waals surface area contributed by atoms with Crippen LogP contribution < -0.4 is 4.90 Å². The lowest BCUT2D eigenvalue weighted by molar-refractivity contribution is -0.149. The van der Waals surface area contributed by atoms with E-state index in [4.69, 9.17) is 13.8 Å². The van der Waals surface area contributed by atoms with Gasteiger partial charge in [-0.25, -0.2) is 4.79 Å². The Labute approximate surface area is 154 Å². The molecule has 27 heavy (non-hydrogen) atoms. The number of hydrogen-bond donors (Lipinski definition) is 0. The molecule has 1 heterocycles. The second kappa shape index (κ2) is 7.99. The molecule has 0 saturated heterocycles. The number of carbonyl (C=O) groups excluding carboxylic acids is 4. The number of esters is 2. The summed E-state index contributed by atoms with van der Waals surface area (Å²) in [5.41, 5.74) is -1.78. The van der Waals surface area contributed by atoms with Crippen LogP contribution in [0.2, 0.25) is 0 Å². The van der Waals surface area contributed by atoms with E-state index in [2.05, 4.69) is 4.74 Å². The maximum atomic E-state index is 13.0. The van der Waals surface area contributed by atoms with Gasteiger partial charge in [-0.2, -0.15) is 0 Å². The van der Waals surface area contributed by atoms with E-state index in [1.807, 2.05) is 0 Å². The number of fused-ring (bicyclic) bond motifs is 1. The molecule has 0 saturated carbocycles. The molecule has 2 unspecified atom stereocenters. The van der Waals surface area contributed by atoms with Gasteiger partial charge in [0.05, 0.1) is 25.5 Å². The van der Waals surface area contributed by atoms with E-state index in [9.17, 15) is 23.7 Å². The monoisotopic (exact) mass is 399 g/mol. The number of methoxy groups -OCH3 is 2. The molecular formula is C16H18NO9P. The largest absolute Gasteiger partial charge is 0.468 e. The van der Waals surface area contributed by atoms with Crippen LogP contribution in [0, 0.1) is 0 Å². The van der Waals surface area contributed by atoms with E-state index in [0.29, 0.717) is 0 Å². The lowest BCUT2D eigenvalue weighted by Gasteiger charge is -2.33. The van der Waals surface area contributed by atoms with Gasteiger partial charge in [-0.1, -0.05) is 12.1 Å². The number of benzene rings is 1. The topological polar surface area (TPSA) is 126 Å². The zero-order valence-corrected chi connectivity index (χ0v) is 15.9. The van der Waals surface area contributed by atoms with Crippen LogP contribution in [0.25, 0.3) is 0 Å². The fraction of sp³-hybridized carbons (Fsp3) is 0.375. The third-order valence-electron chi connectivity index (χ3n) is 4.13. The summed E-state index contributed by atoms with van der Waals surface area (Å²) in [7, 11) is -0.231. The summed E-state index contributed by atoms with van der Waals surface area (Å²) in [5, 5.41) is 0. The van der Waals surface area contributed by atoms with E-state index in [1.54, 1.807) is 0 Å². The number of amides is 1. The number of rotatable bonds is 7. The van der Waals surface area contributed by atoms with Crippen LogP contribution in [-0.4, -0.2) is 63.8 Å². The fourth-order valence-electron chi connectivity index (χ4n) is 2.84.